The van der Waals surface area contributed by atoms with Crippen LogP contribution in [0.2, 0.25) is 0 Å². The number of benzene rings is 1. The Balaban J connectivity index is 2.00. The Morgan fingerprint density at radius 1 is 1.29 bits per heavy atom. The quantitative estimate of drug-likeness (QED) is 0.647. The van der Waals surface area contributed by atoms with Gasteiger partial charge in [0.25, 0.3) is 0 Å². The summed E-state index contributed by atoms with van der Waals surface area (Å²) in [6, 6.07) is 3.18. The number of imidazole rings is 1. The molecule has 0 aliphatic rings. The van der Waals surface area contributed by atoms with Crippen LogP contribution in [0.1, 0.15) is 5.82 Å². The van der Waals surface area contributed by atoms with Gasteiger partial charge in [0.2, 0.25) is 0 Å². The van der Waals surface area contributed by atoms with Gasteiger partial charge in [0.15, 0.2) is 0 Å². The normalized spacial score (nSPS) is 11.4. The molecular weight excluding hydrogens is 361 g/mol. The van der Waals surface area contributed by atoms with Crippen molar-refractivity contribution in [3.05, 3.63) is 40.6 Å². The number of hydrogen-bond donors (Lipinski definition) is 0. The Morgan fingerprint density at radius 3 is 2.86 bits per heavy atom. The molecule has 0 bridgehead atoms. The van der Waals surface area contributed by atoms with Crippen LogP contribution in [0.5, 0.6) is 0 Å². The Morgan fingerprint density at radius 2 is 2.14 bits per heavy atom. The van der Waals surface area contributed by atoms with Crippen molar-refractivity contribution in [3.8, 4) is 0 Å². The first-order valence-corrected chi connectivity index (χ1v) is 7.76. The smallest absolute Gasteiger partial charge is 0.139 e. The van der Waals surface area contributed by atoms with Crippen LogP contribution in [0.3, 0.4) is 0 Å². The first-order chi connectivity index (χ1) is 10.2. The van der Waals surface area contributed by atoms with Crippen LogP contribution in [0.25, 0.3) is 11.0 Å². The Kier molecular flexibility index (Phi) is 4.21. The standard InChI is InChI=1S/C13H12BrClFN5/c14-9-7-11-12(8-10(9)16)21(13(18-11)1-2-15)6-5-20-4-3-17-19-20/h3-4,7-8H,1-2,5-6H2. The van der Waals surface area contributed by atoms with Gasteiger partial charge in [-0.15, -0.1) is 16.7 Å². The monoisotopic (exact) mass is 371 g/mol. The number of hydrogen-bond acceptors (Lipinski definition) is 3. The number of halogens is 3. The van der Waals surface area contributed by atoms with Crippen LogP contribution in [0, 0.1) is 5.82 Å². The lowest BCUT2D eigenvalue weighted by molar-refractivity contribution is 0.516. The third-order valence-electron chi connectivity index (χ3n) is 3.21. The lowest BCUT2D eigenvalue weighted by Gasteiger charge is -2.08. The topological polar surface area (TPSA) is 48.5 Å². The van der Waals surface area contributed by atoms with E-state index in [4.69, 9.17) is 11.6 Å². The van der Waals surface area contributed by atoms with Crippen molar-refractivity contribution >= 4 is 38.6 Å². The molecule has 3 rings (SSSR count). The Bertz CT molecular complexity index is 756. The van der Waals surface area contributed by atoms with E-state index in [-0.39, 0.29) is 5.82 Å². The van der Waals surface area contributed by atoms with Gasteiger partial charge in [0.05, 0.1) is 28.2 Å². The number of fused-ring (bicyclic) bond motifs is 1. The minimum Gasteiger partial charge on any atom is -0.326 e. The highest BCUT2D eigenvalue weighted by Crippen LogP contribution is 2.24. The second kappa shape index (κ2) is 6.11. The number of rotatable bonds is 5. The van der Waals surface area contributed by atoms with E-state index in [2.05, 4.69) is 31.2 Å². The van der Waals surface area contributed by atoms with Gasteiger partial charge in [-0.1, -0.05) is 5.21 Å². The second-order valence-electron chi connectivity index (χ2n) is 4.54. The molecule has 0 radical (unpaired) electrons. The van der Waals surface area contributed by atoms with E-state index in [1.807, 2.05) is 4.57 Å². The highest BCUT2D eigenvalue weighted by Gasteiger charge is 2.13. The van der Waals surface area contributed by atoms with Gasteiger partial charge in [0.1, 0.15) is 11.6 Å². The van der Waals surface area contributed by atoms with Gasteiger partial charge in [-0.05, 0) is 22.0 Å². The fourth-order valence-corrected chi connectivity index (χ4v) is 2.75. The third-order valence-corrected chi connectivity index (χ3v) is 4.01. The molecule has 0 amide bonds. The zero-order chi connectivity index (χ0) is 14.8. The molecule has 0 fully saturated rings. The van der Waals surface area contributed by atoms with Crippen LogP contribution >= 0.6 is 27.5 Å². The number of aryl methyl sites for hydroxylation is 3. The summed E-state index contributed by atoms with van der Waals surface area (Å²) in [7, 11) is 0. The van der Waals surface area contributed by atoms with Crippen molar-refractivity contribution in [1.29, 1.82) is 0 Å². The van der Waals surface area contributed by atoms with Crippen molar-refractivity contribution in [3.63, 3.8) is 0 Å². The van der Waals surface area contributed by atoms with Gasteiger partial charge < -0.3 is 4.57 Å². The summed E-state index contributed by atoms with van der Waals surface area (Å²) in [4.78, 5) is 4.54. The molecule has 3 aromatic rings. The molecule has 2 heterocycles. The molecule has 0 atom stereocenters. The minimum absolute atomic E-state index is 0.304. The highest BCUT2D eigenvalue weighted by molar-refractivity contribution is 9.10. The summed E-state index contributed by atoms with van der Waals surface area (Å²) in [6.07, 6.45) is 4.05. The number of nitrogens with zero attached hydrogens (tertiary/aromatic N) is 5. The van der Waals surface area contributed by atoms with Gasteiger partial charge in [-0.3, -0.25) is 4.68 Å². The minimum atomic E-state index is -0.304. The summed E-state index contributed by atoms with van der Waals surface area (Å²) in [5.74, 6) is 1.01. The van der Waals surface area contributed by atoms with Crippen molar-refractivity contribution in [2.75, 3.05) is 5.88 Å². The molecule has 1 aromatic carbocycles. The fourth-order valence-electron chi connectivity index (χ4n) is 2.25. The van der Waals surface area contributed by atoms with E-state index in [0.29, 0.717) is 29.9 Å². The maximum absolute atomic E-state index is 13.8. The molecule has 0 N–H and O–H groups in total. The second-order valence-corrected chi connectivity index (χ2v) is 5.77. The van der Waals surface area contributed by atoms with Crippen LogP contribution in [-0.4, -0.2) is 30.4 Å². The fraction of sp³-hybridized carbons (Fsp3) is 0.308. The molecule has 110 valence electrons. The van der Waals surface area contributed by atoms with Crippen LogP contribution in [0.15, 0.2) is 29.0 Å². The highest BCUT2D eigenvalue weighted by atomic mass is 79.9. The van der Waals surface area contributed by atoms with Gasteiger partial charge in [0, 0.05) is 31.1 Å². The third kappa shape index (κ3) is 2.94. The Labute approximate surface area is 133 Å². The Hall–Kier alpha value is -1.47. The average Bonchev–Trinajstić information content (AvgIpc) is 3.06. The van der Waals surface area contributed by atoms with E-state index in [9.17, 15) is 4.39 Å². The molecular formula is C13H12BrClFN5. The summed E-state index contributed by atoms with van der Waals surface area (Å²) in [5.41, 5.74) is 1.51. The molecule has 5 nitrogen and oxygen atoms in total. The predicted molar refractivity (Wildman–Crippen MR) is 81.8 cm³/mol. The summed E-state index contributed by atoms with van der Waals surface area (Å²) < 4.78 is 17.9. The molecule has 0 unspecified atom stereocenters. The van der Waals surface area contributed by atoms with E-state index in [0.717, 1.165) is 16.9 Å². The van der Waals surface area contributed by atoms with Gasteiger partial charge in [-0.2, -0.15) is 0 Å². The average molecular weight is 373 g/mol. The molecule has 0 aliphatic carbocycles. The molecule has 0 spiro atoms. The first kappa shape index (κ1) is 14.5. The zero-order valence-corrected chi connectivity index (χ0v) is 13.3. The lowest BCUT2D eigenvalue weighted by atomic mass is 10.3. The van der Waals surface area contributed by atoms with Crippen molar-refractivity contribution in [2.45, 2.75) is 19.5 Å². The summed E-state index contributed by atoms with van der Waals surface area (Å²) in [6.45, 7) is 1.27. The summed E-state index contributed by atoms with van der Waals surface area (Å²) >= 11 is 9.02. The van der Waals surface area contributed by atoms with Crippen molar-refractivity contribution < 1.29 is 4.39 Å². The number of aromatic nitrogens is 5. The molecule has 0 aliphatic heterocycles. The van der Waals surface area contributed by atoms with E-state index in [1.165, 1.54) is 6.07 Å². The maximum Gasteiger partial charge on any atom is 0.139 e. The van der Waals surface area contributed by atoms with Crippen molar-refractivity contribution in [1.82, 2.24) is 24.5 Å². The molecule has 0 saturated carbocycles. The van der Waals surface area contributed by atoms with Gasteiger partial charge in [-0.25, -0.2) is 9.37 Å². The molecule has 8 heteroatoms. The summed E-state index contributed by atoms with van der Waals surface area (Å²) in [5, 5.41) is 7.70. The van der Waals surface area contributed by atoms with Crippen LogP contribution in [0.4, 0.5) is 4.39 Å². The van der Waals surface area contributed by atoms with Gasteiger partial charge >= 0.3 is 0 Å². The molecule has 0 saturated heterocycles. The molecule has 2 aromatic heterocycles. The lowest BCUT2D eigenvalue weighted by Crippen LogP contribution is -2.11. The van der Waals surface area contributed by atoms with E-state index in [1.54, 1.807) is 23.1 Å². The number of alkyl halides is 1. The van der Waals surface area contributed by atoms with E-state index >= 15 is 0 Å². The first-order valence-electron chi connectivity index (χ1n) is 6.43. The molecule has 21 heavy (non-hydrogen) atoms. The maximum atomic E-state index is 13.8. The van der Waals surface area contributed by atoms with E-state index < -0.39 is 0 Å². The van der Waals surface area contributed by atoms with Crippen LogP contribution < -0.4 is 0 Å². The predicted octanol–water partition coefficient (Wildman–Crippen LogP) is 3.01. The zero-order valence-electron chi connectivity index (χ0n) is 11.0. The van der Waals surface area contributed by atoms with Crippen LogP contribution in [-0.2, 0) is 19.5 Å². The largest absolute Gasteiger partial charge is 0.326 e. The van der Waals surface area contributed by atoms with Crippen molar-refractivity contribution in [2.24, 2.45) is 0 Å². The SMILES string of the molecule is Fc1cc2c(cc1Br)nc(CCCl)n2CCn1ccnn1.